The Hall–Kier alpha value is -3.20. The van der Waals surface area contributed by atoms with Gasteiger partial charge in [0, 0.05) is 47.3 Å². The highest BCUT2D eigenvalue weighted by Gasteiger charge is 2.11. The van der Waals surface area contributed by atoms with Crippen LogP contribution in [-0.4, -0.2) is 26.3 Å². The molecule has 2 heterocycles. The molecule has 3 rings (SSSR count). The van der Waals surface area contributed by atoms with Crippen molar-refractivity contribution in [3.63, 3.8) is 0 Å². The number of imidazole rings is 1. The predicted octanol–water partition coefficient (Wildman–Crippen LogP) is 2.62. The second-order valence-corrected chi connectivity index (χ2v) is 6.61. The molecule has 0 aliphatic rings. The number of hydrogen-bond acceptors (Lipinski definition) is 4. The number of nitrogens with one attached hydrogen (secondary N) is 3. The second kappa shape index (κ2) is 8.45. The lowest BCUT2D eigenvalue weighted by Gasteiger charge is -2.08. The van der Waals surface area contributed by atoms with Gasteiger partial charge in [0.1, 0.15) is 5.69 Å². The van der Waals surface area contributed by atoms with Crippen molar-refractivity contribution in [1.82, 2.24) is 14.5 Å². The van der Waals surface area contributed by atoms with Gasteiger partial charge in [0.2, 0.25) is 5.91 Å². The van der Waals surface area contributed by atoms with Gasteiger partial charge in [0.15, 0.2) is 0 Å². The van der Waals surface area contributed by atoms with Gasteiger partial charge in [0.25, 0.3) is 11.5 Å². The molecule has 2 aromatic heterocycles. The van der Waals surface area contributed by atoms with Gasteiger partial charge in [-0.1, -0.05) is 6.07 Å². The summed E-state index contributed by atoms with van der Waals surface area (Å²) in [7, 11) is 0. The molecule has 3 N–H and O–H groups in total. The predicted molar refractivity (Wildman–Crippen MR) is 105 cm³/mol. The van der Waals surface area contributed by atoms with Crippen LogP contribution in [-0.2, 0) is 11.3 Å². The molecule has 9 heteroatoms. The minimum atomic E-state index is -0.451. The molecule has 0 saturated carbocycles. The van der Waals surface area contributed by atoms with Crippen molar-refractivity contribution in [1.29, 1.82) is 0 Å². The highest BCUT2D eigenvalue weighted by atomic mass is 79.9. The van der Waals surface area contributed by atoms with Crippen LogP contribution in [0.15, 0.2) is 64.5 Å². The van der Waals surface area contributed by atoms with Gasteiger partial charge in [0.05, 0.1) is 6.33 Å². The Balaban J connectivity index is 1.64. The third-order valence-corrected chi connectivity index (χ3v) is 4.14. The lowest BCUT2D eigenvalue weighted by atomic mass is 10.2. The average molecular weight is 430 g/mol. The topological polar surface area (TPSA) is 109 Å². The van der Waals surface area contributed by atoms with Gasteiger partial charge in [-0.05, 0) is 40.2 Å². The summed E-state index contributed by atoms with van der Waals surface area (Å²) < 4.78 is 2.44. The van der Waals surface area contributed by atoms with Gasteiger partial charge in [-0.3, -0.25) is 14.4 Å². The molecule has 0 bridgehead atoms. The number of H-pyrrole nitrogens is 1. The molecule has 8 nitrogen and oxygen atoms in total. The zero-order valence-corrected chi connectivity index (χ0v) is 15.7. The normalized spacial score (nSPS) is 10.4. The lowest BCUT2D eigenvalue weighted by Crippen LogP contribution is -2.20. The highest BCUT2D eigenvalue weighted by Crippen LogP contribution is 2.14. The summed E-state index contributed by atoms with van der Waals surface area (Å²) >= 11 is 3.24. The molecule has 2 amide bonds. The van der Waals surface area contributed by atoms with Gasteiger partial charge in [-0.25, -0.2) is 4.98 Å². The summed E-state index contributed by atoms with van der Waals surface area (Å²) in [6.07, 6.45) is 6.83. The first-order valence-corrected chi connectivity index (χ1v) is 8.86. The van der Waals surface area contributed by atoms with Crippen LogP contribution in [0.25, 0.3) is 0 Å². The van der Waals surface area contributed by atoms with Crippen LogP contribution in [0.1, 0.15) is 16.8 Å². The lowest BCUT2D eigenvalue weighted by molar-refractivity contribution is -0.116. The van der Waals surface area contributed by atoms with Crippen molar-refractivity contribution < 1.29 is 9.59 Å². The minimum Gasteiger partial charge on any atom is -0.337 e. The largest absolute Gasteiger partial charge is 0.337 e. The van der Waals surface area contributed by atoms with Crippen molar-refractivity contribution >= 4 is 39.1 Å². The Morgan fingerprint density at radius 2 is 2.07 bits per heavy atom. The number of aromatic nitrogens is 3. The maximum absolute atomic E-state index is 12.4. The van der Waals surface area contributed by atoms with Crippen LogP contribution in [0.5, 0.6) is 0 Å². The Labute approximate surface area is 162 Å². The fourth-order valence-electron chi connectivity index (χ4n) is 2.36. The van der Waals surface area contributed by atoms with E-state index in [1.165, 1.54) is 12.3 Å². The zero-order valence-electron chi connectivity index (χ0n) is 14.1. The van der Waals surface area contributed by atoms with Gasteiger partial charge < -0.3 is 20.2 Å². The SMILES string of the molecule is O=C(CCn1ccnc1)Nc1cccc(C(=O)Nc2cc(Br)c[nH]c2=O)c1. The first-order valence-electron chi connectivity index (χ1n) is 8.06. The number of carbonyl (C=O) groups is 2. The molecule has 0 radical (unpaired) electrons. The number of benzene rings is 1. The fraction of sp³-hybridized carbons (Fsp3) is 0.111. The number of rotatable bonds is 6. The quantitative estimate of drug-likeness (QED) is 0.559. The maximum Gasteiger partial charge on any atom is 0.271 e. The molecular formula is C18H16BrN5O3. The smallest absolute Gasteiger partial charge is 0.271 e. The standard InChI is InChI=1S/C18H16BrN5O3/c19-13-9-15(18(27)21-10-13)23-17(26)12-2-1-3-14(8-12)22-16(25)4-6-24-7-5-20-11-24/h1-3,5,7-11H,4,6H2,(H,21,27)(H,22,25)(H,23,26). The summed E-state index contributed by atoms with van der Waals surface area (Å²) in [4.78, 5) is 42.7. The van der Waals surface area contributed by atoms with Crippen molar-refractivity contribution in [3.05, 3.63) is 75.6 Å². The van der Waals surface area contributed by atoms with E-state index in [1.54, 1.807) is 47.6 Å². The van der Waals surface area contributed by atoms with E-state index in [9.17, 15) is 14.4 Å². The molecule has 0 atom stereocenters. The van der Waals surface area contributed by atoms with E-state index < -0.39 is 11.5 Å². The number of hydrogen-bond donors (Lipinski definition) is 3. The number of carbonyl (C=O) groups excluding carboxylic acids is 2. The van der Waals surface area contributed by atoms with Gasteiger partial charge in [-0.2, -0.15) is 0 Å². The number of aryl methyl sites for hydroxylation is 1. The molecule has 138 valence electrons. The zero-order chi connectivity index (χ0) is 19.2. The van der Waals surface area contributed by atoms with E-state index in [0.29, 0.717) is 22.3 Å². The number of nitrogens with zero attached hydrogens (tertiary/aromatic N) is 2. The summed E-state index contributed by atoms with van der Waals surface area (Å²) in [6.45, 7) is 0.512. The number of halogens is 1. The second-order valence-electron chi connectivity index (χ2n) is 5.69. The molecule has 27 heavy (non-hydrogen) atoms. The first-order chi connectivity index (χ1) is 13.0. The third-order valence-electron chi connectivity index (χ3n) is 3.68. The Bertz CT molecular complexity index is 1010. The molecule has 3 aromatic rings. The average Bonchev–Trinajstić information content (AvgIpc) is 3.17. The molecule has 0 spiro atoms. The summed E-state index contributed by atoms with van der Waals surface area (Å²) in [5.41, 5.74) is 0.544. The number of anilines is 2. The van der Waals surface area contributed by atoms with Crippen LogP contribution < -0.4 is 16.2 Å². The number of amides is 2. The summed E-state index contributed by atoms with van der Waals surface area (Å²) in [5, 5.41) is 5.31. The van der Waals surface area contributed by atoms with Crippen LogP contribution in [0.2, 0.25) is 0 Å². The number of aromatic amines is 1. The van der Waals surface area contributed by atoms with E-state index in [0.717, 1.165) is 0 Å². The molecule has 0 aliphatic heterocycles. The molecule has 0 fully saturated rings. The van der Waals surface area contributed by atoms with Gasteiger partial charge in [-0.15, -0.1) is 0 Å². The van der Waals surface area contributed by atoms with Crippen LogP contribution in [0.4, 0.5) is 11.4 Å². The fourth-order valence-corrected chi connectivity index (χ4v) is 2.70. The molecule has 0 unspecified atom stereocenters. The van der Waals surface area contributed by atoms with E-state index in [2.05, 4.69) is 36.5 Å². The van der Waals surface area contributed by atoms with E-state index in [1.807, 2.05) is 0 Å². The monoisotopic (exact) mass is 429 g/mol. The van der Waals surface area contributed by atoms with Crippen LogP contribution in [0, 0.1) is 0 Å². The van der Waals surface area contributed by atoms with Crippen LogP contribution in [0.3, 0.4) is 0 Å². The van der Waals surface area contributed by atoms with E-state index in [-0.39, 0.29) is 18.0 Å². The van der Waals surface area contributed by atoms with E-state index >= 15 is 0 Å². The molecular weight excluding hydrogens is 414 g/mol. The third kappa shape index (κ3) is 5.14. The number of pyridine rings is 1. The van der Waals surface area contributed by atoms with Gasteiger partial charge >= 0.3 is 0 Å². The first kappa shape index (κ1) is 18.6. The summed E-state index contributed by atoms with van der Waals surface area (Å²) in [6, 6.07) is 8.01. The molecule has 0 saturated heterocycles. The van der Waals surface area contributed by atoms with E-state index in [4.69, 9.17) is 0 Å². The maximum atomic E-state index is 12.4. The summed E-state index contributed by atoms with van der Waals surface area (Å²) in [5.74, 6) is -0.627. The Kier molecular flexibility index (Phi) is 5.82. The molecule has 1 aromatic carbocycles. The van der Waals surface area contributed by atoms with Crippen molar-refractivity contribution in [2.75, 3.05) is 10.6 Å². The Morgan fingerprint density at radius 1 is 1.22 bits per heavy atom. The highest BCUT2D eigenvalue weighted by molar-refractivity contribution is 9.10. The molecule has 0 aliphatic carbocycles. The minimum absolute atomic E-state index is 0.129. The van der Waals surface area contributed by atoms with Crippen molar-refractivity contribution in [2.24, 2.45) is 0 Å². The van der Waals surface area contributed by atoms with Crippen molar-refractivity contribution in [2.45, 2.75) is 13.0 Å². The van der Waals surface area contributed by atoms with Crippen molar-refractivity contribution in [3.8, 4) is 0 Å². The Morgan fingerprint density at radius 3 is 2.85 bits per heavy atom. The van der Waals surface area contributed by atoms with Crippen LogP contribution >= 0.6 is 15.9 Å².